The Morgan fingerprint density at radius 3 is 2.63 bits per heavy atom. The summed E-state index contributed by atoms with van der Waals surface area (Å²) in [5, 5.41) is 2.95. The molecule has 1 fully saturated rings. The van der Waals surface area contributed by atoms with Gasteiger partial charge in [0.1, 0.15) is 0 Å². The fraction of sp³-hybridized carbons (Fsp3) is 0.438. The van der Waals surface area contributed by atoms with Gasteiger partial charge in [0.2, 0.25) is 5.91 Å². The first kappa shape index (κ1) is 13.6. The van der Waals surface area contributed by atoms with Crippen LogP contribution in [-0.4, -0.2) is 37.0 Å². The quantitative estimate of drug-likeness (QED) is 0.656. The number of likely N-dealkylation sites (tertiary alicyclic amines) is 1. The van der Waals surface area contributed by atoms with Crippen LogP contribution in [0, 0.1) is 12.3 Å². The van der Waals surface area contributed by atoms with Gasteiger partial charge in [-0.3, -0.25) is 10.1 Å². The Hall–Kier alpha value is -1.79. The molecule has 1 aromatic carbocycles. The second kappa shape index (κ2) is 6.96. The zero-order valence-corrected chi connectivity index (χ0v) is 11.1. The van der Waals surface area contributed by atoms with Crippen LogP contribution in [0.4, 0.5) is 0 Å². The summed E-state index contributed by atoms with van der Waals surface area (Å²) in [4.78, 5) is 13.8. The summed E-state index contributed by atoms with van der Waals surface area (Å²) in [5.74, 6) is 3.21. The molecule has 0 unspecified atom stereocenters. The van der Waals surface area contributed by atoms with Crippen LogP contribution < -0.4 is 5.32 Å². The van der Waals surface area contributed by atoms with Gasteiger partial charge in [0.05, 0.1) is 13.1 Å². The second-order valence-electron chi connectivity index (χ2n) is 4.87. The number of hydrogen-bond donors (Lipinski definition) is 1. The topological polar surface area (TPSA) is 32.3 Å². The maximum absolute atomic E-state index is 11.9. The highest BCUT2D eigenvalue weighted by Crippen LogP contribution is 2.27. The lowest BCUT2D eigenvalue weighted by Crippen LogP contribution is -2.42. The van der Waals surface area contributed by atoms with Crippen molar-refractivity contribution in [3.05, 3.63) is 35.9 Å². The number of piperidine rings is 1. The van der Waals surface area contributed by atoms with Gasteiger partial charge in [-0.15, -0.1) is 6.42 Å². The molecule has 100 valence electrons. The molecule has 1 amide bonds. The molecule has 3 nitrogen and oxygen atoms in total. The Kier molecular flexibility index (Phi) is 5.00. The average molecular weight is 256 g/mol. The third-order valence-electron chi connectivity index (χ3n) is 3.62. The maximum atomic E-state index is 11.9. The van der Waals surface area contributed by atoms with Crippen molar-refractivity contribution in [2.75, 3.05) is 26.2 Å². The maximum Gasteiger partial charge on any atom is 0.236 e. The molecule has 0 atom stereocenters. The molecule has 0 aromatic heterocycles. The first-order valence-corrected chi connectivity index (χ1v) is 6.78. The third-order valence-corrected chi connectivity index (χ3v) is 3.62. The van der Waals surface area contributed by atoms with Crippen molar-refractivity contribution in [3.63, 3.8) is 0 Å². The first-order chi connectivity index (χ1) is 9.31. The summed E-state index contributed by atoms with van der Waals surface area (Å²) < 4.78 is 0. The molecule has 19 heavy (non-hydrogen) atoms. The molecule has 1 aliphatic heterocycles. The van der Waals surface area contributed by atoms with E-state index < -0.39 is 0 Å². The van der Waals surface area contributed by atoms with Gasteiger partial charge in [-0.25, -0.2) is 0 Å². The molecule has 0 spiro atoms. The molecular formula is C16H20N2O. The lowest BCUT2D eigenvalue weighted by Gasteiger charge is -2.32. The number of carbonyl (C=O) groups is 1. The summed E-state index contributed by atoms with van der Waals surface area (Å²) in [7, 11) is 0. The molecule has 0 saturated carbocycles. The molecule has 1 N–H and O–H groups in total. The van der Waals surface area contributed by atoms with Crippen molar-refractivity contribution in [1.82, 2.24) is 10.2 Å². The van der Waals surface area contributed by atoms with E-state index in [0.29, 0.717) is 19.0 Å². The van der Waals surface area contributed by atoms with Crippen molar-refractivity contribution in [3.8, 4) is 12.3 Å². The minimum Gasteiger partial charge on any atom is -0.342 e. The number of amides is 1. The van der Waals surface area contributed by atoms with Gasteiger partial charge in [-0.1, -0.05) is 36.3 Å². The van der Waals surface area contributed by atoms with Crippen LogP contribution in [0.5, 0.6) is 0 Å². The van der Waals surface area contributed by atoms with Crippen LogP contribution in [-0.2, 0) is 4.79 Å². The van der Waals surface area contributed by atoms with Crippen molar-refractivity contribution in [1.29, 1.82) is 0 Å². The Morgan fingerprint density at radius 1 is 1.32 bits per heavy atom. The van der Waals surface area contributed by atoms with E-state index in [1.807, 2.05) is 11.0 Å². The second-order valence-corrected chi connectivity index (χ2v) is 4.87. The van der Waals surface area contributed by atoms with E-state index in [0.717, 1.165) is 25.9 Å². The Bertz CT molecular complexity index is 442. The Labute approximate surface area is 115 Å². The molecule has 2 rings (SSSR count). The number of hydrogen-bond acceptors (Lipinski definition) is 2. The molecular weight excluding hydrogens is 236 g/mol. The number of terminal acetylenes is 1. The summed E-state index contributed by atoms with van der Waals surface area (Å²) in [6.45, 7) is 2.48. The zero-order valence-electron chi connectivity index (χ0n) is 11.1. The number of carbonyl (C=O) groups excluding carboxylic acids is 1. The molecule has 3 heteroatoms. The largest absolute Gasteiger partial charge is 0.342 e. The van der Waals surface area contributed by atoms with Crippen LogP contribution in [0.15, 0.2) is 30.3 Å². The van der Waals surface area contributed by atoms with Gasteiger partial charge in [-0.2, -0.15) is 0 Å². The number of rotatable bonds is 4. The Morgan fingerprint density at radius 2 is 2.00 bits per heavy atom. The molecule has 1 heterocycles. The lowest BCUT2D eigenvalue weighted by molar-refractivity contribution is -0.131. The van der Waals surface area contributed by atoms with Crippen molar-refractivity contribution in [2.24, 2.45) is 0 Å². The molecule has 1 aliphatic rings. The molecule has 0 aliphatic carbocycles. The van der Waals surface area contributed by atoms with E-state index in [9.17, 15) is 4.79 Å². The minimum absolute atomic E-state index is 0.154. The van der Waals surface area contributed by atoms with Crippen LogP contribution in [0.1, 0.15) is 24.3 Å². The summed E-state index contributed by atoms with van der Waals surface area (Å²) >= 11 is 0. The van der Waals surface area contributed by atoms with Crippen LogP contribution in [0.25, 0.3) is 0 Å². The van der Waals surface area contributed by atoms with Gasteiger partial charge < -0.3 is 4.90 Å². The van der Waals surface area contributed by atoms with Gasteiger partial charge in [0.15, 0.2) is 0 Å². The Balaban J connectivity index is 1.79. The smallest absolute Gasteiger partial charge is 0.236 e. The predicted octanol–water partition coefficient (Wildman–Crippen LogP) is 1.62. The molecule has 1 saturated heterocycles. The zero-order chi connectivity index (χ0) is 13.5. The van der Waals surface area contributed by atoms with Gasteiger partial charge in [0.25, 0.3) is 0 Å². The summed E-state index contributed by atoms with van der Waals surface area (Å²) in [6.07, 6.45) is 7.23. The van der Waals surface area contributed by atoms with E-state index in [-0.39, 0.29) is 5.91 Å². The fourth-order valence-corrected chi connectivity index (χ4v) is 2.54. The standard InChI is InChI=1S/C16H20N2O/c1-2-10-17-13-16(19)18-11-8-15(9-12-18)14-6-4-3-5-7-14/h1,3-7,15,17H,8-13H2. The molecule has 0 bridgehead atoms. The van der Waals surface area contributed by atoms with Crippen LogP contribution in [0.3, 0.4) is 0 Å². The number of nitrogens with one attached hydrogen (secondary N) is 1. The van der Waals surface area contributed by atoms with E-state index in [1.54, 1.807) is 0 Å². The molecule has 0 radical (unpaired) electrons. The minimum atomic E-state index is 0.154. The SMILES string of the molecule is C#CCNCC(=O)N1CCC(c2ccccc2)CC1. The van der Waals surface area contributed by atoms with Crippen molar-refractivity contribution < 1.29 is 4.79 Å². The van der Waals surface area contributed by atoms with E-state index in [1.165, 1.54) is 5.56 Å². The normalized spacial score (nSPS) is 16.1. The van der Waals surface area contributed by atoms with Crippen LogP contribution >= 0.6 is 0 Å². The lowest BCUT2D eigenvalue weighted by atomic mass is 9.89. The van der Waals surface area contributed by atoms with Gasteiger partial charge >= 0.3 is 0 Å². The van der Waals surface area contributed by atoms with Crippen molar-refractivity contribution in [2.45, 2.75) is 18.8 Å². The number of nitrogens with zero attached hydrogens (tertiary/aromatic N) is 1. The highest BCUT2D eigenvalue weighted by molar-refractivity contribution is 5.78. The van der Waals surface area contributed by atoms with E-state index >= 15 is 0 Å². The van der Waals surface area contributed by atoms with Gasteiger partial charge in [-0.05, 0) is 24.3 Å². The van der Waals surface area contributed by atoms with E-state index in [2.05, 4.69) is 35.5 Å². The number of benzene rings is 1. The fourth-order valence-electron chi connectivity index (χ4n) is 2.54. The third kappa shape index (κ3) is 3.84. The predicted molar refractivity (Wildman–Crippen MR) is 76.7 cm³/mol. The van der Waals surface area contributed by atoms with Gasteiger partial charge in [0, 0.05) is 13.1 Å². The first-order valence-electron chi connectivity index (χ1n) is 6.78. The highest BCUT2D eigenvalue weighted by atomic mass is 16.2. The van der Waals surface area contributed by atoms with Crippen molar-refractivity contribution >= 4 is 5.91 Å². The average Bonchev–Trinajstić information content (AvgIpc) is 2.48. The highest BCUT2D eigenvalue weighted by Gasteiger charge is 2.23. The molecule has 1 aromatic rings. The summed E-state index contributed by atoms with van der Waals surface area (Å²) in [6, 6.07) is 10.6. The summed E-state index contributed by atoms with van der Waals surface area (Å²) in [5.41, 5.74) is 1.39. The van der Waals surface area contributed by atoms with E-state index in [4.69, 9.17) is 6.42 Å². The van der Waals surface area contributed by atoms with Crippen LogP contribution in [0.2, 0.25) is 0 Å². The monoisotopic (exact) mass is 256 g/mol.